The third-order valence-electron chi connectivity index (χ3n) is 5.23. The molecule has 126 valence electrons. The second-order valence-corrected chi connectivity index (χ2v) is 6.79. The fraction of sp³-hybridized carbons (Fsp3) is 0.556. The lowest BCUT2D eigenvalue weighted by Gasteiger charge is -2.29. The number of nitrogens with zero attached hydrogens (tertiary/aromatic N) is 1. The van der Waals surface area contributed by atoms with Crippen LogP contribution in [0, 0.1) is 11.8 Å². The van der Waals surface area contributed by atoms with E-state index in [-0.39, 0.29) is 17.9 Å². The van der Waals surface area contributed by atoms with Crippen molar-refractivity contribution in [3.8, 4) is 0 Å². The molecule has 1 unspecified atom stereocenters. The van der Waals surface area contributed by atoms with Crippen molar-refractivity contribution in [3.05, 3.63) is 35.4 Å². The van der Waals surface area contributed by atoms with Gasteiger partial charge in [0.15, 0.2) is 0 Å². The highest BCUT2D eigenvalue weighted by Gasteiger charge is 2.41. The molecule has 0 saturated carbocycles. The van der Waals surface area contributed by atoms with Gasteiger partial charge in [-0.3, -0.25) is 9.59 Å². The number of carboxylic acid groups (broad SMARTS) is 1. The van der Waals surface area contributed by atoms with Gasteiger partial charge in [-0.25, -0.2) is 0 Å². The van der Waals surface area contributed by atoms with Gasteiger partial charge in [-0.2, -0.15) is 0 Å². The molecular formula is C18H23BN2O3. The van der Waals surface area contributed by atoms with E-state index < -0.39 is 11.9 Å². The zero-order valence-corrected chi connectivity index (χ0v) is 13.8. The fourth-order valence-electron chi connectivity index (χ4n) is 3.85. The highest BCUT2D eigenvalue weighted by atomic mass is 16.4. The third-order valence-corrected chi connectivity index (χ3v) is 5.23. The lowest BCUT2D eigenvalue weighted by Crippen LogP contribution is -2.49. The predicted octanol–water partition coefficient (Wildman–Crippen LogP) is 1.23. The molecule has 0 aliphatic carbocycles. The molecule has 1 fully saturated rings. The molecule has 0 spiro atoms. The molecule has 5 nitrogen and oxygen atoms in total. The van der Waals surface area contributed by atoms with E-state index >= 15 is 0 Å². The number of fused-ring (bicyclic) bond motifs is 1. The molecule has 1 aromatic rings. The SMILES string of the molecule is [B]CCC[C@H]1CN(C(=O)C2Cc3ccccc3CN2)C[C@H]1C(=O)O. The van der Waals surface area contributed by atoms with Gasteiger partial charge in [0.2, 0.25) is 5.91 Å². The van der Waals surface area contributed by atoms with Crippen LogP contribution in [0.4, 0.5) is 0 Å². The van der Waals surface area contributed by atoms with E-state index in [2.05, 4.69) is 17.4 Å². The summed E-state index contributed by atoms with van der Waals surface area (Å²) in [5.74, 6) is -1.26. The summed E-state index contributed by atoms with van der Waals surface area (Å²) in [6.07, 6.45) is 2.78. The van der Waals surface area contributed by atoms with E-state index in [1.54, 1.807) is 4.90 Å². The third kappa shape index (κ3) is 3.48. The molecule has 0 aromatic heterocycles. The zero-order valence-electron chi connectivity index (χ0n) is 13.8. The Hall–Kier alpha value is -1.82. The first-order chi connectivity index (χ1) is 11.6. The van der Waals surface area contributed by atoms with E-state index in [1.807, 2.05) is 12.1 Å². The van der Waals surface area contributed by atoms with Gasteiger partial charge < -0.3 is 15.3 Å². The minimum atomic E-state index is -0.811. The van der Waals surface area contributed by atoms with Gasteiger partial charge in [0.05, 0.1) is 19.8 Å². The maximum atomic E-state index is 12.8. The number of hydrogen-bond acceptors (Lipinski definition) is 3. The van der Waals surface area contributed by atoms with Crippen molar-refractivity contribution in [3.63, 3.8) is 0 Å². The van der Waals surface area contributed by atoms with E-state index in [0.717, 1.165) is 12.8 Å². The lowest BCUT2D eigenvalue weighted by atomic mass is 9.88. The average Bonchev–Trinajstić information content (AvgIpc) is 3.03. The Morgan fingerprint density at radius 2 is 2.00 bits per heavy atom. The summed E-state index contributed by atoms with van der Waals surface area (Å²) >= 11 is 0. The van der Waals surface area contributed by atoms with Crippen molar-refractivity contribution in [1.29, 1.82) is 0 Å². The number of likely N-dealkylation sites (tertiary alicyclic amines) is 1. The summed E-state index contributed by atoms with van der Waals surface area (Å²) in [6.45, 7) is 1.51. The van der Waals surface area contributed by atoms with Crippen molar-refractivity contribution in [1.82, 2.24) is 10.2 Å². The Kier molecular flexibility index (Phi) is 5.24. The van der Waals surface area contributed by atoms with Crippen LogP contribution in [0.15, 0.2) is 24.3 Å². The van der Waals surface area contributed by atoms with Crippen molar-refractivity contribution >= 4 is 19.7 Å². The molecule has 2 N–H and O–H groups in total. The fourth-order valence-corrected chi connectivity index (χ4v) is 3.85. The molecular weight excluding hydrogens is 303 g/mol. The van der Waals surface area contributed by atoms with Gasteiger partial charge >= 0.3 is 5.97 Å². The Balaban J connectivity index is 1.66. The van der Waals surface area contributed by atoms with Gasteiger partial charge in [-0.15, -0.1) is 0 Å². The second kappa shape index (κ2) is 7.39. The number of carbonyl (C=O) groups excluding carboxylic acids is 1. The molecule has 2 aliphatic heterocycles. The normalized spacial score (nSPS) is 26.2. The molecule has 1 aromatic carbocycles. The Bertz CT molecular complexity index is 622. The predicted molar refractivity (Wildman–Crippen MR) is 91.8 cm³/mol. The van der Waals surface area contributed by atoms with Crippen LogP contribution in [0.2, 0.25) is 6.32 Å². The van der Waals surface area contributed by atoms with Crippen molar-refractivity contribution < 1.29 is 14.7 Å². The number of amides is 1. The van der Waals surface area contributed by atoms with Crippen molar-refractivity contribution in [2.45, 2.75) is 38.2 Å². The molecule has 2 heterocycles. The number of nitrogens with one attached hydrogen (secondary N) is 1. The minimum Gasteiger partial charge on any atom is -0.481 e. The molecule has 0 bridgehead atoms. The summed E-state index contributed by atoms with van der Waals surface area (Å²) in [5.41, 5.74) is 2.43. The number of carboxylic acids is 1. The van der Waals surface area contributed by atoms with Gasteiger partial charge in [0, 0.05) is 19.6 Å². The van der Waals surface area contributed by atoms with Gasteiger partial charge in [-0.1, -0.05) is 37.0 Å². The maximum Gasteiger partial charge on any atom is 0.308 e. The summed E-state index contributed by atoms with van der Waals surface area (Å²) in [7, 11) is 5.55. The molecule has 6 heteroatoms. The number of benzene rings is 1. The van der Waals surface area contributed by atoms with Crippen LogP contribution in [0.3, 0.4) is 0 Å². The van der Waals surface area contributed by atoms with Crippen LogP contribution in [0.5, 0.6) is 0 Å². The molecule has 3 rings (SSSR count). The molecule has 1 saturated heterocycles. The number of rotatable bonds is 5. The first-order valence-electron chi connectivity index (χ1n) is 8.62. The van der Waals surface area contributed by atoms with Crippen LogP contribution < -0.4 is 5.32 Å². The second-order valence-electron chi connectivity index (χ2n) is 6.79. The van der Waals surface area contributed by atoms with E-state index in [9.17, 15) is 14.7 Å². The molecule has 1 amide bonds. The van der Waals surface area contributed by atoms with Crippen LogP contribution in [-0.2, 0) is 22.6 Å². The largest absolute Gasteiger partial charge is 0.481 e. The smallest absolute Gasteiger partial charge is 0.308 e. The van der Waals surface area contributed by atoms with Gasteiger partial charge in [0.25, 0.3) is 0 Å². The average molecular weight is 326 g/mol. The zero-order chi connectivity index (χ0) is 17.1. The van der Waals surface area contributed by atoms with Crippen LogP contribution in [0.25, 0.3) is 0 Å². The quantitative estimate of drug-likeness (QED) is 0.799. The first-order valence-corrected chi connectivity index (χ1v) is 8.62. The number of aliphatic carboxylic acids is 1. The molecule has 2 radical (unpaired) electrons. The van der Waals surface area contributed by atoms with Crippen molar-refractivity contribution in [2.75, 3.05) is 13.1 Å². The Morgan fingerprint density at radius 1 is 1.25 bits per heavy atom. The van der Waals surface area contributed by atoms with E-state index in [0.29, 0.717) is 32.4 Å². The standard InChI is InChI=1S/C18H23BN2O3/c19-7-3-6-14-10-21(11-15(14)18(23)24)17(22)16-8-12-4-1-2-5-13(12)9-20-16/h1-2,4-5,14-16,20H,3,6-11H2,(H,23,24)/t14-,15+,16?/m0/s1. The summed E-state index contributed by atoms with van der Waals surface area (Å²) in [6, 6.07) is 7.86. The van der Waals surface area contributed by atoms with E-state index in [4.69, 9.17) is 7.85 Å². The first kappa shape index (κ1) is 17.0. The number of hydrogen-bond donors (Lipinski definition) is 2. The maximum absolute atomic E-state index is 12.8. The molecule has 3 atom stereocenters. The Labute approximate surface area is 143 Å². The summed E-state index contributed by atoms with van der Waals surface area (Å²) < 4.78 is 0. The van der Waals surface area contributed by atoms with Gasteiger partial charge in [0.1, 0.15) is 0 Å². The number of carbonyl (C=O) groups is 2. The highest BCUT2D eigenvalue weighted by Crippen LogP contribution is 2.29. The minimum absolute atomic E-state index is 0.00544. The Morgan fingerprint density at radius 3 is 2.71 bits per heavy atom. The van der Waals surface area contributed by atoms with Crippen LogP contribution >= 0.6 is 0 Å². The molecule has 2 aliphatic rings. The summed E-state index contributed by atoms with van der Waals surface area (Å²) in [5, 5.41) is 12.7. The molecule has 24 heavy (non-hydrogen) atoms. The topological polar surface area (TPSA) is 69.6 Å². The van der Waals surface area contributed by atoms with Crippen molar-refractivity contribution in [2.24, 2.45) is 11.8 Å². The van der Waals surface area contributed by atoms with Gasteiger partial charge in [-0.05, 0) is 29.9 Å². The lowest BCUT2D eigenvalue weighted by molar-refractivity contribution is -0.142. The highest BCUT2D eigenvalue weighted by molar-refractivity contribution is 6.08. The van der Waals surface area contributed by atoms with Crippen LogP contribution in [-0.4, -0.2) is 48.9 Å². The summed E-state index contributed by atoms with van der Waals surface area (Å²) in [4.78, 5) is 26.1. The monoisotopic (exact) mass is 326 g/mol. The van der Waals surface area contributed by atoms with E-state index in [1.165, 1.54) is 11.1 Å². The van der Waals surface area contributed by atoms with Crippen LogP contribution in [0.1, 0.15) is 24.0 Å².